The Labute approximate surface area is 227 Å². The monoisotopic (exact) mass is 581 g/mol. The molecule has 1 fully saturated rings. The van der Waals surface area contributed by atoms with Gasteiger partial charge in [0.15, 0.2) is 5.69 Å². The van der Waals surface area contributed by atoms with Crippen LogP contribution in [-0.4, -0.2) is 75.7 Å². The van der Waals surface area contributed by atoms with Gasteiger partial charge in [0, 0.05) is 30.2 Å². The third-order valence-electron chi connectivity index (χ3n) is 6.32. The Morgan fingerprint density at radius 2 is 2.03 bits per heavy atom. The van der Waals surface area contributed by atoms with Crippen molar-refractivity contribution in [1.29, 1.82) is 0 Å². The van der Waals surface area contributed by atoms with E-state index in [1.165, 1.54) is 6.33 Å². The van der Waals surface area contributed by atoms with Gasteiger partial charge in [-0.3, -0.25) is 24.4 Å². The maximum atomic E-state index is 13.4. The number of aromatic nitrogens is 4. The highest BCUT2D eigenvalue weighted by molar-refractivity contribution is 9.10. The van der Waals surface area contributed by atoms with Gasteiger partial charge in [0.2, 0.25) is 5.95 Å². The number of rotatable bonds is 9. The number of carbonyl (C=O) groups is 2. The van der Waals surface area contributed by atoms with E-state index in [4.69, 9.17) is 15.2 Å². The smallest absolute Gasteiger partial charge is 0.277 e. The Balaban J connectivity index is 1.30. The van der Waals surface area contributed by atoms with Crippen molar-refractivity contribution in [2.24, 2.45) is 5.73 Å². The third-order valence-corrected chi connectivity index (χ3v) is 6.82. The summed E-state index contributed by atoms with van der Waals surface area (Å²) in [6.45, 7) is 6.93. The van der Waals surface area contributed by atoms with Gasteiger partial charge >= 0.3 is 0 Å². The molecule has 198 valence electrons. The average Bonchev–Trinajstić information content (AvgIpc) is 3.52. The second-order valence-electron chi connectivity index (χ2n) is 8.98. The normalized spacial score (nSPS) is 14.1. The number of fused-ring (bicyclic) bond motifs is 1. The van der Waals surface area contributed by atoms with Crippen LogP contribution in [0, 0.1) is 6.92 Å². The Morgan fingerprint density at radius 3 is 2.82 bits per heavy atom. The minimum Gasteiger partial charge on any atom is -0.493 e. The fourth-order valence-corrected chi connectivity index (χ4v) is 4.72. The van der Waals surface area contributed by atoms with E-state index in [9.17, 15) is 9.59 Å². The summed E-state index contributed by atoms with van der Waals surface area (Å²) in [6.07, 6.45) is 2.32. The molecule has 3 heterocycles. The van der Waals surface area contributed by atoms with Crippen molar-refractivity contribution in [3.8, 4) is 11.4 Å². The van der Waals surface area contributed by atoms with Crippen LogP contribution in [0.25, 0.3) is 16.7 Å². The highest BCUT2D eigenvalue weighted by atomic mass is 79.9. The van der Waals surface area contributed by atoms with Crippen LogP contribution in [0.5, 0.6) is 5.75 Å². The number of nitrogens with one attached hydrogen (secondary N) is 2. The summed E-state index contributed by atoms with van der Waals surface area (Å²) >= 11 is 3.45. The Kier molecular flexibility index (Phi) is 7.72. The second kappa shape index (κ2) is 11.3. The average molecular weight is 582 g/mol. The number of benzene rings is 2. The van der Waals surface area contributed by atoms with E-state index in [0.717, 1.165) is 54.8 Å². The second-order valence-corrected chi connectivity index (χ2v) is 9.90. The Morgan fingerprint density at radius 1 is 1.21 bits per heavy atom. The zero-order valence-electron chi connectivity index (χ0n) is 20.9. The Bertz CT molecular complexity index is 1480. The molecule has 2 aromatic carbocycles. The molecule has 2 aromatic heterocycles. The number of H-pyrrole nitrogens is 1. The van der Waals surface area contributed by atoms with E-state index in [1.54, 1.807) is 4.57 Å². The van der Waals surface area contributed by atoms with Gasteiger partial charge in [0.05, 0.1) is 36.5 Å². The Hall–Kier alpha value is -3.74. The first kappa shape index (κ1) is 25.9. The lowest BCUT2D eigenvalue weighted by atomic mass is 10.2. The van der Waals surface area contributed by atoms with E-state index in [1.807, 2.05) is 43.3 Å². The first-order valence-electron chi connectivity index (χ1n) is 12.3. The molecule has 0 atom stereocenters. The number of morpholine rings is 1. The van der Waals surface area contributed by atoms with Crippen molar-refractivity contribution in [2.75, 3.05) is 44.8 Å². The summed E-state index contributed by atoms with van der Waals surface area (Å²) in [4.78, 5) is 39.5. The van der Waals surface area contributed by atoms with Gasteiger partial charge in [-0.2, -0.15) is 0 Å². The molecule has 5 rings (SSSR count). The number of aromatic amines is 1. The molecule has 4 aromatic rings. The van der Waals surface area contributed by atoms with Gasteiger partial charge in [-0.1, -0.05) is 22.0 Å². The molecule has 38 heavy (non-hydrogen) atoms. The number of hydrogen-bond acceptors (Lipinski definition) is 7. The molecule has 0 aliphatic carbocycles. The van der Waals surface area contributed by atoms with Gasteiger partial charge in [0.1, 0.15) is 17.8 Å². The maximum Gasteiger partial charge on any atom is 0.277 e. The van der Waals surface area contributed by atoms with E-state index in [2.05, 4.69) is 41.1 Å². The molecule has 12 heteroatoms. The first-order chi connectivity index (χ1) is 18.4. The number of ether oxygens (including phenoxy) is 2. The number of nitrogens with zero attached hydrogens (tertiary/aromatic N) is 4. The molecule has 1 aliphatic heterocycles. The summed E-state index contributed by atoms with van der Waals surface area (Å²) in [5.74, 6) is -0.456. The standard InChI is InChI=1S/C26H28BrN7O4/c1-16-3-4-17(27)13-21(16)34-15-29-22(24(28)35)23(34)25(36)32-26-30-19-6-5-18(14-20(19)31-26)38-10-2-7-33-8-11-37-12-9-33/h3-6,13-15H,2,7-12H2,1H3,(H2,28,35)(H2,30,31,32,36). The molecule has 11 nitrogen and oxygen atoms in total. The minimum absolute atomic E-state index is 0.0171. The summed E-state index contributed by atoms with van der Waals surface area (Å²) < 4.78 is 13.7. The number of primary amides is 1. The van der Waals surface area contributed by atoms with Crippen molar-refractivity contribution in [3.05, 3.63) is 64.1 Å². The fourth-order valence-electron chi connectivity index (χ4n) is 4.37. The van der Waals surface area contributed by atoms with Gasteiger partial charge in [-0.25, -0.2) is 9.97 Å². The van der Waals surface area contributed by atoms with Crippen LogP contribution in [0.4, 0.5) is 5.95 Å². The highest BCUT2D eigenvalue weighted by Crippen LogP contribution is 2.25. The van der Waals surface area contributed by atoms with Crippen molar-refractivity contribution < 1.29 is 19.1 Å². The van der Waals surface area contributed by atoms with Gasteiger partial charge in [-0.05, 0) is 43.2 Å². The maximum absolute atomic E-state index is 13.4. The summed E-state index contributed by atoms with van der Waals surface area (Å²) in [5, 5.41) is 2.74. The van der Waals surface area contributed by atoms with Gasteiger partial charge < -0.3 is 20.2 Å². The SMILES string of the molecule is Cc1ccc(Br)cc1-n1cnc(C(N)=O)c1C(=O)Nc1nc2cc(OCCCN3CCOCC3)ccc2[nH]1. The van der Waals surface area contributed by atoms with Gasteiger partial charge in [-0.15, -0.1) is 0 Å². The summed E-state index contributed by atoms with van der Waals surface area (Å²) in [7, 11) is 0. The molecule has 1 aliphatic rings. The zero-order chi connectivity index (χ0) is 26.6. The molecule has 2 amide bonds. The fraction of sp³-hybridized carbons (Fsp3) is 0.308. The quantitative estimate of drug-likeness (QED) is 0.258. The minimum atomic E-state index is -0.804. The van der Waals surface area contributed by atoms with Crippen LogP contribution >= 0.6 is 15.9 Å². The number of aryl methyl sites for hydroxylation is 1. The largest absolute Gasteiger partial charge is 0.493 e. The van der Waals surface area contributed by atoms with Crippen LogP contribution in [0.2, 0.25) is 0 Å². The number of amides is 2. The summed E-state index contributed by atoms with van der Waals surface area (Å²) in [6, 6.07) is 11.1. The molecule has 0 unspecified atom stereocenters. The van der Waals surface area contributed by atoms with Crippen LogP contribution < -0.4 is 15.8 Å². The number of anilines is 1. The van der Waals surface area contributed by atoms with E-state index < -0.39 is 11.8 Å². The molecule has 0 bridgehead atoms. The molecular weight excluding hydrogens is 554 g/mol. The van der Waals surface area contributed by atoms with Crippen molar-refractivity contribution in [2.45, 2.75) is 13.3 Å². The van der Waals surface area contributed by atoms with Crippen LogP contribution in [0.3, 0.4) is 0 Å². The lowest BCUT2D eigenvalue weighted by molar-refractivity contribution is 0.0358. The molecule has 0 saturated carbocycles. The topological polar surface area (TPSA) is 140 Å². The van der Waals surface area contributed by atoms with Crippen LogP contribution in [-0.2, 0) is 4.74 Å². The van der Waals surface area contributed by atoms with E-state index in [0.29, 0.717) is 23.6 Å². The van der Waals surface area contributed by atoms with Crippen molar-refractivity contribution >= 4 is 44.7 Å². The number of carbonyl (C=O) groups excluding carboxylic acids is 2. The summed E-state index contributed by atoms with van der Waals surface area (Å²) in [5.41, 5.74) is 8.35. The van der Waals surface area contributed by atoms with Crippen molar-refractivity contribution in [3.63, 3.8) is 0 Å². The predicted octanol–water partition coefficient (Wildman–Crippen LogP) is 3.27. The lowest BCUT2D eigenvalue weighted by Crippen LogP contribution is -2.37. The number of nitrogens with two attached hydrogens (primary N) is 1. The zero-order valence-corrected chi connectivity index (χ0v) is 22.5. The van der Waals surface area contributed by atoms with Crippen LogP contribution in [0.1, 0.15) is 33.0 Å². The van der Waals surface area contributed by atoms with E-state index in [-0.39, 0.29) is 17.3 Å². The van der Waals surface area contributed by atoms with E-state index >= 15 is 0 Å². The lowest BCUT2D eigenvalue weighted by Gasteiger charge is -2.26. The van der Waals surface area contributed by atoms with Crippen molar-refractivity contribution in [1.82, 2.24) is 24.4 Å². The molecule has 0 radical (unpaired) electrons. The molecular formula is C26H28BrN7O4. The first-order valence-corrected chi connectivity index (χ1v) is 13.1. The van der Waals surface area contributed by atoms with Crippen LogP contribution in [0.15, 0.2) is 47.2 Å². The molecule has 0 spiro atoms. The third kappa shape index (κ3) is 5.72. The molecule has 4 N–H and O–H groups in total. The number of imidazole rings is 2. The number of halogens is 1. The molecule has 1 saturated heterocycles. The van der Waals surface area contributed by atoms with Gasteiger partial charge in [0.25, 0.3) is 11.8 Å². The highest BCUT2D eigenvalue weighted by Gasteiger charge is 2.25. The number of hydrogen-bond donors (Lipinski definition) is 3. The predicted molar refractivity (Wildman–Crippen MR) is 146 cm³/mol.